The number of aliphatic carboxylic acids is 1. The minimum Gasteiger partial charge on any atom is -0.481 e. The number of carbonyl (C=O) groups is 3. The summed E-state index contributed by atoms with van der Waals surface area (Å²) < 4.78 is 6.62. The summed E-state index contributed by atoms with van der Waals surface area (Å²) in [6.45, 7) is 14.0. The van der Waals surface area contributed by atoms with Crippen molar-refractivity contribution in [1.29, 1.82) is 0 Å². The summed E-state index contributed by atoms with van der Waals surface area (Å²) in [6.07, 6.45) is 0.738. The van der Waals surface area contributed by atoms with E-state index in [1.807, 2.05) is 12.1 Å². The average molecular weight is 514 g/mol. The van der Waals surface area contributed by atoms with E-state index in [1.54, 1.807) is 18.2 Å². The molecular weight excluding hydrogens is 474 g/mol. The Bertz CT molecular complexity index is 1030. The van der Waals surface area contributed by atoms with Crippen LogP contribution < -0.4 is 5.32 Å². The van der Waals surface area contributed by atoms with E-state index in [1.165, 1.54) is 18.2 Å². The van der Waals surface area contributed by atoms with Gasteiger partial charge in [0.05, 0.1) is 17.0 Å². The smallest absolute Gasteiger partial charge is 0.336 e. The van der Waals surface area contributed by atoms with Crippen LogP contribution in [0.2, 0.25) is 16.6 Å². The van der Waals surface area contributed by atoms with Gasteiger partial charge >= 0.3 is 11.9 Å². The first-order valence-corrected chi connectivity index (χ1v) is 14.6. The van der Waals surface area contributed by atoms with E-state index >= 15 is 0 Å². The SMILES string of the molecule is CC(C)[Si](OCCc1ccc(C(CNC(=O)c2ccccc2C(=O)O)C(=O)O)cc1)(C(C)C)C(C)C. The van der Waals surface area contributed by atoms with Crippen molar-refractivity contribution in [2.24, 2.45) is 0 Å². The minimum atomic E-state index is -1.94. The quantitative estimate of drug-likeness (QED) is 0.295. The third-order valence-corrected chi connectivity index (χ3v) is 13.1. The molecule has 7 nitrogen and oxygen atoms in total. The number of carboxylic acids is 2. The van der Waals surface area contributed by atoms with Gasteiger partial charge in [-0.1, -0.05) is 77.9 Å². The van der Waals surface area contributed by atoms with E-state index in [2.05, 4.69) is 46.9 Å². The Morgan fingerprint density at radius 1 is 0.833 bits per heavy atom. The summed E-state index contributed by atoms with van der Waals surface area (Å²) >= 11 is 0. The van der Waals surface area contributed by atoms with Gasteiger partial charge in [0.2, 0.25) is 0 Å². The fourth-order valence-corrected chi connectivity index (χ4v) is 10.7. The van der Waals surface area contributed by atoms with Crippen LogP contribution in [0.3, 0.4) is 0 Å². The van der Waals surface area contributed by atoms with Crippen LogP contribution in [0.1, 0.15) is 79.3 Å². The minimum absolute atomic E-state index is 0.00620. The molecule has 0 aliphatic carbocycles. The Labute approximate surface area is 215 Å². The summed E-state index contributed by atoms with van der Waals surface area (Å²) in [4.78, 5) is 35.8. The van der Waals surface area contributed by atoms with E-state index in [0.29, 0.717) is 28.8 Å². The normalized spacial score (nSPS) is 12.7. The van der Waals surface area contributed by atoms with Crippen molar-refractivity contribution in [3.63, 3.8) is 0 Å². The van der Waals surface area contributed by atoms with Gasteiger partial charge in [-0.2, -0.15) is 0 Å². The zero-order chi connectivity index (χ0) is 27.0. The molecular formula is C28H39NO6Si. The molecule has 0 spiro atoms. The van der Waals surface area contributed by atoms with Crippen LogP contribution in [0.4, 0.5) is 0 Å². The highest BCUT2D eigenvalue weighted by molar-refractivity contribution is 6.77. The van der Waals surface area contributed by atoms with E-state index in [9.17, 15) is 24.6 Å². The molecule has 1 unspecified atom stereocenters. The Balaban J connectivity index is 2.06. The van der Waals surface area contributed by atoms with E-state index < -0.39 is 32.1 Å². The number of aromatic carboxylic acids is 1. The van der Waals surface area contributed by atoms with Crippen LogP contribution in [0.5, 0.6) is 0 Å². The molecule has 1 atom stereocenters. The summed E-state index contributed by atoms with van der Waals surface area (Å²) in [5.74, 6) is -3.87. The molecule has 0 aliphatic heterocycles. The molecule has 0 bridgehead atoms. The highest BCUT2D eigenvalue weighted by atomic mass is 28.4. The molecule has 196 valence electrons. The number of carbonyl (C=O) groups excluding carboxylic acids is 1. The molecule has 0 aromatic heterocycles. The zero-order valence-electron chi connectivity index (χ0n) is 22.1. The van der Waals surface area contributed by atoms with Gasteiger partial charge in [-0.05, 0) is 46.3 Å². The van der Waals surface area contributed by atoms with E-state index in [4.69, 9.17) is 4.43 Å². The second-order valence-electron chi connectivity index (χ2n) is 10.1. The Kier molecular flexibility index (Phi) is 10.4. The number of benzene rings is 2. The topological polar surface area (TPSA) is 113 Å². The maximum Gasteiger partial charge on any atom is 0.336 e. The number of nitrogens with one attached hydrogen (secondary N) is 1. The molecule has 0 heterocycles. The van der Waals surface area contributed by atoms with Crippen molar-refractivity contribution in [1.82, 2.24) is 5.32 Å². The van der Waals surface area contributed by atoms with E-state index in [-0.39, 0.29) is 17.7 Å². The van der Waals surface area contributed by atoms with Gasteiger partial charge in [-0.3, -0.25) is 9.59 Å². The molecule has 0 saturated carbocycles. The van der Waals surface area contributed by atoms with Crippen molar-refractivity contribution in [3.8, 4) is 0 Å². The molecule has 2 rings (SSSR count). The Morgan fingerprint density at radius 2 is 1.36 bits per heavy atom. The fraction of sp³-hybridized carbons (Fsp3) is 0.464. The van der Waals surface area contributed by atoms with Gasteiger partial charge < -0.3 is 20.0 Å². The van der Waals surface area contributed by atoms with Gasteiger partial charge in [0.1, 0.15) is 0 Å². The van der Waals surface area contributed by atoms with Crippen molar-refractivity contribution in [3.05, 3.63) is 70.8 Å². The Hall–Kier alpha value is -2.97. The van der Waals surface area contributed by atoms with Gasteiger partial charge in [0, 0.05) is 13.2 Å². The first-order valence-electron chi connectivity index (χ1n) is 12.5. The lowest BCUT2D eigenvalue weighted by molar-refractivity contribution is -0.138. The molecule has 0 radical (unpaired) electrons. The van der Waals surface area contributed by atoms with Crippen LogP contribution >= 0.6 is 0 Å². The summed E-state index contributed by atoms with van der Waals surface area (Å²) in [5, 5.41) is 21.6. The summed E-state index contributed by atoms with van der Waals surface area (Å²) in [6, 6.07) is 13.2. The molecule has 2 aromatic rings. The largest absolute Gasteiger partial charge is 0.481 e. The molecule has 1 amide bonds. The molecule has 0 fully saturated rings. The molecule has 0 saturated heterocycles. The lowest BCUT2D eigenvalue weighted by atomic mass is 9.97. The van der Waals surface area contributed by atoms with Crippen LogP contribution in [-0.2, 0) is 15.6 Å². The highest BCUT2D eigenvalue weighted by Gasteiger charge is 2.44. The lowest BCUT2D eigenvalue weighted by Gasteiger charge is -2.42. The number of amides is 1. The predicted octanol–water partition coefficient (Wildman–Crippen LogP) is 5.72. The highest BCUT2D eigenvalue weighted by Crippen LogP contribution is 2.42. The van der Waals surface area contributed by atoms with Crippen LogP contribution in [0, 0.1) is 0 Å². The third-order valence-electron chi connectivity index (χ3n) is 7.00. The number of hydrogen-bond acceptors (Lipinski definition) is 4. The monoisotopic (exact) mass is 513 g/mol. The van der Waals surface area contributed by atoms with E-state index in [0.717, 1.165) is 12.0 Å². The second-order valence-corrected chi connectivity index (χ2v) is 15.6. The molecule has 8 heteroatoms. The van der Waals surface area contributed by atoms with Crippen molar-refractivity contribution in [2.45, 2.75) is 70.5 Å². The molecule has 3 N–H and O–H groups in total. The van der Waals surface area contributed by atoms with Gasteiger partial charge in [-0.15, -0.1) is 0 Å². The van der Waals surface area contributed by atoms with Crippen molar-refractivity contribution >= 4 is 26.2 Å². The molecule has 36 heavy (non-hydrogen) atoms. The summed E-state index contributed by atoms with van der Waals surface area (Å²) in [5.41, 5.74) is 3.01. The maximum atomic E-state index is 12.5. The first-order chi connectivity index (χ1) is 16.9. The maximum absolute atomic E-state index is 12.5. The van der Waals surface area contributed by atoms with Gasteiger partial charge in [-0.25, -0.2) is 4.79 Å². The fourth-order valence-electron chi connectivity index (χ4n) is 5.27. The van der Waals surface area contributed by atoms with Gasteiger partial charge in [0.15, 0.2) is 8.32 Å². The predicted molar refractivity (Wildman–Crippen MR) is 143 cm³/mol. The molecule has 2 aromatic carbocycles. The zero-order valence-corrected chi connectivity index (χ0v) is 23.1. The Morgan fingerprint density at radius 3 is 1.83 bits per heavy atom. The number of carboxylic acid groups (broad SMARTS) is 2. The van der Waals surface area contributed by atoms with Crippen LogP contribution in [0.25, 0.3) is 0 Å². The standard InChI is InChI=1S/C28H39NO6Si/c1-18(2)36(19(3)4,20(5)6)35-16-15-21-11-13-22(14-12-21)25(28(33)34)17-29-26(30)23-9-7-8-10-24(23)27(31)32/h7-14,18-20,25H,15-17H2,1-6H3,(H,29,30)(H,31,32)(H,33,34). The van der Waals surface area contributed by atoms with Crippen LogP contribution in [0.15, 0.2) is 48.5 Å². The number of hydrogen-bond donors (Lipinski definition) is 3. The molecule has 0 aliphatic rings. The van der Waals surface area contributed by atoms with Crippen molar-refractivity contribution < 1.29 is 29.0 Å². The van der Waals surface area contributed by atoms with Crippen molar-refractivity contribution in [2.75, 3.05) is 13.2 Å². The second kappa shape index (κ2) is 12.8. The average Bonchev–Trinajstić information content (AvgIpc) is 2.81. The lowest BCUT2D eigenvalue weighted by Crippen LogP contribution is -2.48. The van der Waals surface area contributed by atoms with Gasteiger partial charge in [0.25, 0.3) is 5.91 Å². The summed E-state index contributed by atoms with van der Waals surface area (Å²) in [7, 11) is -1.94. The number of rotatable bonds is 13. The first kappa shape index (κ1) is 29.3. The third kappa shape index (κ3) is 6.82. The van der Waals surface area contributed by atoms with Crippen LogP contribution in [-0.4, -0.2) is 49.5 Å².